The average Bonchev–Trinajstić information content (AvgIpc) is 3.46. The summed E-state index contributed by atoms with van der Waals surface area (Å²) in [5.41, 5.74) is 6.80. The van der Waals surface area contributed by atoms with Crippen molar-refractivity contribution in [2.45, 2.75) is 6.42 Å². The quantitative estimate of drug-likeness (QED) is 0.375. The Bertz CT molecular complexity index is 2080. The standard InChI is InChI=1S/C30H18N6/c31-16-19-6-3-8-21(14-19)35-25-11-2-1-10-23(25)24-18-34-28-27-26(12-5-13-33-27)36(30(28)29(24)35)22-9-4-7-20(15-22)17-32/h1-4,6-12,14-15,18H,5,13H2. The minimum absolute atomic E-state index is 0.596. The molecule has 0 bridgehead atoms. The summed E-state index contributed by atoms with van der Waals surface area (Å²) < 4.78 is 4.40. The Morgan fingerprint density at radius 3 is 2.22 bits per heavy atom. The van der Waals surface area contributed by atoms with Crippen LogP contribution in [-0.2, 0) is 0 Å². The van der Waals surface area contributed by atoms with Gasteiger partial charge < -0.3 is 9.13 Å². The summed E-state index contributed by atoms with van der Waals surface area (Å²) in [5, 5.41) is 23.2. The molecule has 0 unspecified atom stereocenters. The number of fused-ring (bicyclic) bond motifs is 7. The predicted molar refractivity (Wildman–Crippen MR) is 140 cm³/mol. The molecule has 1 aliphatic heterocycles. The minimum Gasteiger partial charge on any atom is -0.307 e. The first-order valence-corrected chi connectivity index (χ1v) is 11.8. The van der Waals surface area contributed by atoms with Crippen LogP contribution in [0.2, 0.25) is 0 Å². The maximum Gasteiger partial charge on any atom is 0.117 e. The molecule has 7 rings (SSSR count). The highest BCUT2D eigenvalue weighted by Crippen LogP contribution is 2.35. The molecule has 0 atom stereocenters. The number of nitriles is 2. The molecule has 3 aromatic heterocycles. The zero-order chi connectivity index (χ0) is 24.2. The molecule has 0 saturated heterocycles. The topological polar surface area (TPSA) is 82.7 Å². The number of aromatic nitrogens is 3. The van der Waals surface area contributed by atoms with Crippen molar-refractivity contribution in [2.24, 2.45) is 4.99 Å². The van der Waals surface area contributed by atoms with Crippen LogP contribution in [0.25, 0.3) is 50.3 Å². The van der Waals surface area contributed by atoms with Crippen molar-refractivity contribution in [1.82, 2.24) is 14.1 Å². The lowest BCUT2D eigenvalue weighted by atomic mass is 10.2. The second kappa shape index (κ2) is 7.66. The number of hydrogen-bond donors (Lipinski definition) is 0. The Labute approximate surface area is 205 Å². The van der Waals surface area contributed by atoms with E-state index in [1.165, 1.54) is 0 Å². The van der Waals surface area contributed by atoms with E-state index in [1.54, 1.807) is 0 Å². The summed E-state index contributed by atoms with van der Waals surface area (Å²) in [5.74, 6) is 0. The summed E-state index contributed by atoms with van der Waals surface area (Å²) in [6.07, 6.45) is 4.99. The molecule has 3 aromatic carbocycles. The Hall–Kier alpha value is -5.20. The molecule has 6 aromatic rings. The molecule has 4 heterocycles. The highest BCUT2D eigenvalue weighted by atomic mass is 15.1. The van der Waals surface area contributed by atoms with Gasteiger partial charge in [-0.3, -0.25) is 9.98 Å². The maximum atomic E-state index is 9.59. The third-order valence-electron chi connectivity index (χ3n) is 6.82. The smallest absolute Gasteiger partial charge is 0.117 e. The van der Waals surface area contributed by atoms with Gasteiger partial charge in [-0.15, -0.1) is 0 Å². The molecule has 168 valence electrons. The second-order valence-corrected chi connectivity index (χ2v) is 8.84. The largest absolute Gasteiger partial charge is 0.307 e. The molecule has 0 saturated carbocycles. The van der Waals surface area contributed by atoms with E-state index >= 15 is 0 Å². The minimum atomic E-state index is 0.596. The van der Waals surface area contributed by atoms with Gasteiger partial charge in [0.25, 0.3) is 0 Å². The fraction of sp³-hybridized carbons (Fsp3) is 0.0667. The van der Waals surface area contributed by atoms with Crippen LogP contribution in [0.5, 0.6) is 0 Å². The Morgan fingerprint density at radius 1 is 0.750 bits per heavy atom. The van der Waals surface area contributed by atoms with Crippen molar-refractivity contribution in [1.29, 1.82) is 10.5 Å². The zero-order valence-corrected chi connectivity index (χ0v) is 19.2. The fourth-order valence-corrected chi connectivity index (χ4v) is 5.35. The second-order valence-electron chi connectivity index (χ2n) is 8.84. The van der Waals surface area contributed by atoms with Gasteiger partial charge >= 0.3 is 0 Å². The number of pyridine rings is 1. The SMILES string of the molecule is N#Cc1cccc(-n2c3c(c4ncc5c6ccccc6n(-c6cccc(C#N)c6)c5c42)=NCCC=3)c1. The lowest BCUT2D eigenvalue weighted by Gasteiger charge is -2.12. The number of hydrogen-bond acceptors (Lipinski definition) is 4. The van der Waals surface area contributed by atoms with Crippen LogP contribution in [0.15, 0.2) is 84.0 Å². The molecule has 0 radical (unpaired) electrons. The molecule has 0 spiro atoms. The van der Waals surface area contributed by atoms with Crippen LogP contribution in [0.3, 0.4) is 0 Å². The Morgan fingerprint density at radius 2 is 1.47 bits per heavy atom. The third-order valence-corrected chi connectivity index (χ3v) is 6.82. The monoisotopic (exact) mass is 462 g/mol. The molecule has 1 aliphatic rings. The van der Waals surface area contributed by atoms with Crippen LogP contribution in [-0.4, -0.2) is 20.7 Å². The van der Waals surface area contributed by atoms with E-state index in [-0.39, 0.29) is 0 Å². The van der Waals surface area contributed by atoms with Crippen LogP contribution < -0.4 is 10.7 Å². The summed E-state index contributed by atoms with van der Waals surface area (Å²) >= 11 is 0. The molecule has 0 fully saturated rings. The van der Waals surface area contributed by atoms with E-state index in [2.05, 4.69) is 39.5 Å². The van der Waals surface area contributed by atoms with Crippen molar-refractivity contribution >= 4 is 38.9 Å². The fourth-order valence-electron chi connectivity index (χ4n) is 5.35. The predicted octanol–water partition coefficient (Wildman–Crippen LogP) is 4.67. The third kappa shape index (κ3) is 2.76. The van der Waals surface area contributed by atoms with E-state index in [9.17, 15) is 10.5 Å². The van der Waals surface area contributed by atoms with E-state index in [4.69, 9.17) is 9.98 Å². The number of nitrogens with zero attached hydrogens (tertiary/aromatic N) is 6. The van der Waals surface area contributed by atoms with E-state index < -0.39 is 0 Å². The van der Waals surface area contributed by atoms with Gasteiger partial charge in [0.05, 0.1) is 45.2 Å². The first-order valence-electron chi connectivity index (χ1n) is 11.8. The summed E-state index contributed by atoms with van der Waals surface area (Å²) in [6.45, 7) is 0.720. The summed E-state index contributed by atoms with van der Waals surface area (Å²) in [6, 6.07) is 28.1. The van der Waals surface area contributed by atoms with Crippen LogP contribution in [0, 0.1) is 22.7 Å². The van der Waals surface area contributed by atoms with Crippen LogP contribution in [0.1, 0.15) is 17.5 Å². The average molecular weight is 463 g/mol. The van der Waals surface area contributed by atoms with Gasteiger partial charge in [-0.05, 0) is 48.9 Å². The van der Waals surface area contributed by atoms with E-state index in [0.29, 0.717) is 11.1 Å². The molecular weight excluding hydrogens is 444 g/mol. The van der Waals surface area contributed by atoms with Crippen LogP contribution in [0.4, 0.5) is 0 Å². The van der Waals surface area contributed by atoms with Crippen molar-refractivity contribution < 1.29 is 0 Å². The van der Waals surface area contributed by atoms with Gasteiger partial charge in [0.2, 0.25) is 0 Å². The van der Waals surface area contributed by atoms with Gasteiger partial charge in [0.1, 0.15) is 10.9 Å². The van der Waals surface area contributed by atoms with E-state index in [1.807, 2.05) is 66.9 Å². The molecule has 0 N–H and O–H groups in total. The highest BCUT2D eigenvalue weighted by molar-refractivity contribution is 6.17. The van der Waals surface area contributed by atoms with Gasteiger partial charge in [-0.2, -0.15) is 10.5 Å². The molecule has 6 heteroatoms. The van der Waals surface area contributed by atoms with Gasteiger partial charge in [0, 0.05) is 34.9 Å². The Kier molecular flexibility index (Phi) is 4.30. The van der Waals surface area contributed by atoms with Crippen molar-refractivity contribution in [3.05, 3.63) is 101 Å². The van der Waals surface area contributed by atoms with E-state index in [0.717, 1.165) is 67.9 Å². The van der Waals surface area contributed by atoms with Gasteiger partial charge in [-0.1, -0.05) is 36.4 Å². The number of rotatable bonds is 2. The molecule has 0 amide bonds. The first kappa shape index (κ1) is 20.2. The Balaban J connectivity index is 1.77. The molecule has 0 aliphatic carbocycles. The lowest BCUT2D eigenvalue weighted by molar-refractivity contribution is 0.930. The number of benzene rings is 3. The first-order chi connectivity index (χ1) is 17.8. The summed E-state index contributed by atoms with van der Waals surface area (Å²) in [7, 11) is 0. The lowest BCUT2D eigenvalue weighted by Crippen LogP contribution is -2.31. The highest BCUT2D eigenvalue weighted by Gasteiger charge is 2.22. The van der Waals surface area contributed by atoms with Crippen molar-refractivity contribution in [3.63, 3.8) is 0 Å². The maximum absolute atomic E-state index is 9.59. The van der Waals surface area contributed by atoms with Crippen molar-refractivity contribution in [3.8, 4) is 23.5 Å². The van der Waals surface area contributed by atoms with Gasteiger partial charge in [-0.25, -0.2) is 0 Å². The van der Waals surface area contributed by atoms with Gasteiger partial charge in [0.15, 0.2) is 0 Å². The molecular formula is C30H18N6. The molecule has 36 heavy (non-hydrogen) atoms. The normalized spacial score (nSPS) is 12.6. The zero-order valence-electron chi connectivity index (χ0n) is 19.2. The summed E-state index contributed by atoms with van der Waals surface area (Å²) in [4.78, 5) is 9.81. The van der Waals surface area contributed by atoms with Crippen molar-refractivity contribution in [2.75, 3.05) is 6.54 Å². The van der Waals surface area contributed by atoms with Crippen LogP contribution >= 0.6 is 0 Å². The number of para-hydroxylation sites is 1. The molecule has 6 nitrogen and oxygen atoms in total.